The molecule has 4 aliphatic heterocycles. The Morgan fingerprint density at radius 3 is 1.95 bits per heavy atom. The van der Waals surface area contributed by atoms with Crippen LogP contribution in [0.25, 0.3) is 0 Å². The van der Waals surface area contributed by atoms with Crippen LogP contribution in [-0.4, -0.2) is 36.5 Å². The number of fused-ring (bicyclic) bond motifs is 3. The lowest BCUT2D eigenvalue weighted by atomic mass is 9.73. The molecule has 0 amide bonds. The predicted molar refractivity (Wildman–Crippen MR) is 157 cm³/mol. The normalized spacial score (nSPS) is 19.0. The van der Waals surface area contributed by atoms with Crippen molar-refractivity contribution in [2.24, 2.45) is 0 Å². The lowest BCUT2D eigenvalue weighted by Gasteiger charge is -2.53. The van der Waals surface area contributed by atoms with Crippen molar-refractivity contribution in [2.45, 2.75) is 25.8 Å². The van der Waals surface area contributed by atoms with E-state index in [9.17, 15) is 0 Å². The van der Waals surface area contributed by atoms with Crippen molar-refractivity contribution < 1.29 is 28.4 Å². The van der Waals surface area contributed by atoms with E-state index in [1.54, 1.807) is 28.4 Å². The molecule has 8 heteroatoms. The number of rotatable bonds is 4. The van der Waals surface area contributed by atoms with Gasteiger partial charge in [0, 0.05) is 33.1 Å². The van der Waals surface area contributed by atoms with Gasteiger partial charge in [-0.2, -0.15) is 0 Å². The lowest BCUT2D eigenvalue weighted by molar-refractivity contribution is 0.367. The summed E-state index contributed by atoms with van der Waals surface area (Å²) in [4.78, 5) is 2.38. The highest BCUT2D eigenvalue weighted by molar-refractivity contribution is 7.14. The molecule has 0 spiro atoms. The Bertz CT molecular complexity index is 1800. The molecule has 4 heterocycles. The van der Waals surface area contributed by atoms with E-state index in [1.165, 1.54) is 27.2 Å². The van der Waals surface area contributed by atoms with Crippen LogP contribution in [0.4, 0.5) is 17.1 Å². The van der Waals surface area contributed by atoms with Crippen LogP contribution in [-0.2, 0) is 5.41 Å². The summed E-state index contributed by atoms with van der Waals surface area (Å²) in [5.74, 6) is 5.94. The fraction of sp³-hybridized carbons (Fsp3) is 0.250. The number of nitrogens with zero attached hydrogens (tertiary/aromatic N) is 1. The van der Waals surface area contributed by atoms with Crippen LogP contribution in [0, 0.1) is 0 Å². The van der Waals surface area contributed by atoms with Crippen molar-refractivity contribution in [1.29, 1.82) is 0 Å². The minimum atomic E-state index is -2.73. The molecule has 0 saturated carbocycles. The van der Waals surface area contributed by atoms with Crippen molar-refractivity contribution in [3.63, 3.8) is 0 Å². The van der Waals surface area contributed by atoms with Crippen LogP contribution in [0.2, 0.25) is 6.55 Å². The van der Waals surface area contributed by atoms with Gasteiger partial charge in [0.15, 0.2) is 31.1 Å². The molecule has 0 aliphatic carbocycles. The molecule has 202 valence electrons. The highest BCUT2D eigenvalue weighted by Crippen LogP contribution is 2.59. The van der Waals surface area contributed by atoms with Crippen LogP contribution < -0.4 is 48.9 Å². The van der Waals surface area contributed by atoms with E-state index in [-0.39, 0.29) is 5.41 Å². The fourth-order valence-electron chi connectivity index (χ4n) is 7.33. The average molecular weight is 552 g/mol. The Labute approximate surface area is 233 Å². The van der Waals surface area contributed by atoms with Gasteiger partial charge in [0.25, 0.3) is 0 Å². The monoisotopic (exact) mass is 551 g/mol. The third kappa shape index (κ3) is 2.51. The minimum Gasteiger partial charge on any atom is -0.497 e. The van der Waals surface area contributed by atoms with E-state index in [2.05, 4.69) is 49.6 Å². The summed E-state index contributed by atoms with van der Waals surface area (Å²) in [6, 6.07) is 16.6. The fourth-order valence-corrected chi connectivity index (χ4v) is 12.0. The molecule has 0 saturated heterocycles. The summed E-state index contributed by atoms with van der Waals surface area (Å²) in [7, 11) is 4.04. The Morgan fingerprint density at radius 2 is 1.30 bits per heavy atom. The molecule has 4 aliphatic rings. The Hall–Kier alpha value is -4.30. The second kappa shape index (κ2) is 7.45. The number of methoxy groups -OCH3 is 4. The van der Waals surface area contributed by atoms with Crippen LogP contribution in [0.15, 0.2) is 48.5 Å². The molecule has 1 atom stereocenters. The van der Waals surface area contributed by atoms with Crippen molar-refractivity contribution in [1.82, 2.24) is 0 Å². The maximum atomic E-state index is 6.77. The van der Waals surface area contributed by atoms with Gasteiger partial charge in [-0.25, -0.2) is 0 Å². The zero-order chi connectivity index (χ0) is 27.7. The van der Waals surface area contributed by atoms with E-state index in [1.807, 2.05) is 24.3 Å². The van der Waals surface area contributed by atoms with Gasteiger partial charge in [-0.15, -0.1) is 0 Å². The smallest absolute Gasteiger partial charge is 0.171 e. The highest BCUT2D eigenvalue weighted by atomic mass is 28.3. The summed E-state index contributed by atoms with van der Waals surface area (Å²) in [5, 5.41) is 3.47. The number of hydrogen-bond acceptors (Lipinski definition) is 7. The van der Waals surface area contributed by atoms with Gasteiger partial charge in [-0.05, 0) is 47.5 Å². The molecule has 7 nitrogen and oxygen atoms in total. The standard InChI is InChI=1S/C32H29NO6Si/c1-32(2)18-12-16(34-3)8-9-20(18)33-21-10-11-22(36-5)27-29(21)40(7)30-24(38-27)13-17(35-4)14-25(30)39-28-23(37-6)15-19(32)26(33)31(28)40/h8-15H,1-7H3. The summed E-state index contributed by atoms with van der Waals surface area (Å²) in [6.07, 6.45) is 0. The summed E-state index contributed by atoms with van der Waals surface area (Å²) >= 11 is 0. The van der Waals surface area contributed by atoms with Crippen molar-refractivity contribution in [3.05, 3.63) is 59.7 Å². The van der Waals surface area contributed by atoms with Crippen LogP contribution in [0.5, 0.6) is 46.0 Å². The first-order chi connectivity index (χ1) is 19.3. The first-order valence-corrected chi connectivity index (χ1v) is 15.8. The average Bonchev–Trinajstić information content (AvgIpc) is 2.96. The molecule has 4 aromatic rings. The van der Waals surface area contributed by atoms with Gasteiger partial charge in [0.1, 0.15) is 23.0 Å². The molecule has 8 rings (SSSR count). The maximum absolute atomic E-state index is 6.77. The van der Waals surface area contributed by atoms with E-state index in [4.69, 9.17) is 28.4 Å². The molecule has 0 N–H and O–H groups in total. The Balaban J connectivity index is 1.58. The van der Waals surface area contributed by atoms with Crippen molar-refractivity contribution in [3.8, 4) is 46.0 Å². The van der Waals surface area contributed by atoms with E-state index >= 15 is 0 Å². The Morgan fingerprint density at radius 1 is 0.650 bits per heavy atom. The molecule has 0 aromatic heterocycles. The predicted octanol–water partition coefficient (Wildman–Crippen LogP) is 5.45. The second-order valence-corrected chi connectivity index (χ2v) is 15.1. The quantitative estimate of drug-likeness (QED) is 0.275. The van der Waals surface area contributed by atoms with Gasteiger partial charge in [0.05, 0.1) is 45.5 Å². The zero-order valence-corrected chi connectivity index (χ0v) is 24.5. The number of hydrogen-bond donors (Lipinski definition) is 0. The molecule has 40 heavy (non-hydrogen) atoms. The van der Waals surface area contributed by atoms with E-state index in [0.717, 1.165) is 51.1 Å². The Kier molecular flexibility index (Phi) is 4.39. The van der Waals surface area contributed by atoms with Gasteiger partial charge < -0.3 is 33.3 Å². The number of ether oxygens (including phenoxy) is 6. The van der Waals surface area contributed by atoms with Crippen molar-refractivity contribution in [2.75, 3.05) is 33.3 Å². The molecular formula is C32H29NO6Si. The van der Waals surface area contributed by atoms with Gasteiger partial charge in [-0.1, -0.05) is 20.4 Å². The molecule has 1 unspecified atom stereocenters. The van der Waals surface area contributed by atoms with E-state index in [0.29, 0.717) is 11.5 Å². The largest absolute Gasteiger partial charge is 0.497 e. The molecule has 0 bridgehead atoms. The summed E-state index contributed by atoms with van der Waals surface area (Å²) in [6.45, 7) is 6.95. The first kappa shape index (κ1) is 23.6. The summed E-state index contributed by atoms with van der Waals surface area (Å²) in [5.41, 5.74) is 5.42. The highest BCUT2D eigenvalue weighted by Gasteiger charge is 2.59. The van der Waals surface area contributed by atoms with Gasteiger partial charge in [-0.3, -0.25) is 0 Å². The zero-order valence-electron chi connectivity index (χ0n) is 23.5. The minimum absolute atomic E-state index is 0.330. The van der Waals surface area contributed by atoms with E-state index < -0.39 is 8.07 Å². The van der Waals surface area contributed by atoms with Crippen LogP contribution in [0.3, 0.4) is 0 Å². The SMILES string of the molecule is COc1cc2c3c(c1)Oc1c(OC)cc4c5c1[Si]3(C)c1c(ccc(OC)c1O2)N5c1ccc(OC)cc1C4(C)C. The maximum Gasteiger partial charge on any atom is 0.171 e. The molecular weight excluding hydrogens is 522 g/mol. The molecule has 4 aromatic carbocycles. The van der Waals surface area contributed by atoms with Gasteiger partial charge in [0.2, 0.25) is 0 Å². The summed E-state index contributed by atoms with van der Waals surface area (Å²) < 4.78 is 36.8. The topological polar surface area (TPSA) is 58.6 Å². The van der Waals surface area contributed by atoms with Crippen LogP contribution in [0.1, 0.15) is 25.0 Å². The number of anilines is 3. The molecule has 0 radical (unpaired) electrons. The first-order valence-electron chi connectivity index (χ1n) is 13.3. The third-order valence-electron chi connectivity index (χ3n) is 9.21. The molecule has 0 fully saturated rings. The van der Waals surface area contributed by atoms with Crippen molar-refractivity contribution >= 4 is 40.7 Å². The van der Waals surface area contributed by atoms with Crippen LogP contribution >= 0.6 is 0 Å². The van der Waals surface area contributed by atoms with Gasteiger partial charge >= 0.3 is 0 Å². The lowest BCUT2D eigenvalue weighted by Crippen LogP contribution is -2.72. The number of benzene rings is 4. The second-order valence-electron chi connectivity index (χ2n) is 11.3. The third-order valence-corrected chi connectivity index (χ3v) is 13.7.